The highest BCUT2D eigenvalue weighted by Crippen LogP contribution is 2.25. The highest BCUT2D eigenvalue weighted by molar-refractivity contribution is 6.01. The second-order valence-corrected chi connectivity index (χ2v) is 6.46. The minimum atomic E-state index is -0.627. The van der Waals surface area contributed by atoms with E-state index in [1.54, 1.807) is 6.07 Å². The van der Waals surface area contributed by atoms with Gasteiger partial charge in [-0.1, -0.05) is 41.6 Å². The van der Waals surface area contributed by atoms with Crippen LogP contribution in [0.4, 0.5) is 0 Å². The molecular formula is C20H14N4O4. The summed E-state index contributed by atoms with van der Waals surface area (Å²) in [6, 6.07) is 14.8. The highest BCUT2D eigenvalue weighted by Gasteiger charge is 2.18. The molecule has 0 radical (unpaired) electrons. The first-order chi connectivity index (χ1) is 13.6. The van der Waals surface area contributed by atoms with Crippen molar-refractivity contribution in [3.05, 3.63) is 80.8 Å². The van der Waals surface area contributed by atoms with E-state index in [1.165, 1.54) is 4.57 Å². The lowest BCUT2D eigenvalue weighted by atomic mass is 10.1. The van der Waals surface area contributed by atoms with Crippen LogP contribution >= 0.6 is 0 Å². The molecule has 0 aliphatic rings. The monoisotopic (exact) mass is 374 g/mol. The minimum absolute atomic E-state index is 0.0106. The Balaban J connectivity index is 1.67. The summed E-state index contributed by atoms with van der Waals surface area (Å²) < 4.78 is 11.8. The van der Waals surface area contributed by atoms with Gasteiger partial charge in [-0.15, -0.1) is 0 Å². The lowest BCUT2D eigenvalue weighted by Crippen LogP contribution is -2.20. The van der Waals surface area contributed by atoms with Crippen LogP contribution in [0.2, 0.25) is 0 Å². The van der Waals surface area contributed by atoms with Gasteiger partial charge in [-0.3, -0.25) is 9.32 Å². The fraction of sp³-hybridized carbons (Fsp3) is 0.100. The molecule has 3 heterocycles. The van der Waals surface area contributed by atoms with Crippen molar-refractivity contribution in [3.63, 3.8) is 0 Å². The summed E-state index contributed by atoms with van der Waals surface area (Å²) in [6.07, 6.45) is 0. The fourth-order valence-corrected chi connectivity index (χ4v) is 3.30. The van der Waals surface area contributed by atoms with E-state index in [-0.39, 0.29) is 12.1 Å². The van der Waals surface area contributed by atoms with Crippen LogP contribution in [-0.2, 0) is 6.54 Å². The zero-order chi connectivity index (χ0) is 19.3. The highest BCUT2D eigenvalue weighted by atomic mass is 16.5. The van der Waals surface area contributed by atoms with Crippen LogP contribution in [0.3, 0.4) is 0 Å². The van der Waals surface area contributed by atoms with E-state index in [1.807, 2.05) is 49.4 Å². The van der Waals surface area contributed by atoms with E-state index in [0.29, 0.717) is 22.7 Å². The molecule has 2 aromatic carbocycles. The van der Waals surface area contributed by atoms with Crippen molar-refractivity contribution >= 4 is 22.1 Å². The minimum Gasteiger partial charge on any atom is -0.449 e. The van der Waals surface area contributed by atoms with E-state index in [0.717, 1.165) is 16.5 Å². The standard InChI is InChI=1S/C20H14N4O4/c1-11-6-2-3-7-12(11)18-23-28-20(26)24(18)10-15-21-16-13-8-4-5-9-14(13)27-17(16)19(25)22-15/h2-9H,10H2,1H3,(H,21,22,25). The second kappa shape index (κ2) is 6.05. The largest absolute Gasteiger partial charge is 0.449 e. The molecule has 0 aliphatic carbocycles. The van der Waals surface area contributed by atoms with Gasteiger partial charge in [0.15, 0.2) is 5.82 Å². The third kappa shape index (κ3) is 2.46. The van der Waals surface area contributed by atoms with Crippen LogP contribution in [0.1, 0.15) is 11.4 Å². The number of aromatic amines is 1. The van der Waals surface area contributed by atoms with Crippen LogP contribution in [-0.4, -0.2) is 19.7 Å². The molecule has 0 aliphatic heterocycles. The number of fused-ring (bicyclic) bond motifs is 3. The predicted molar refractivity (Wildman–Crippen MR) is 102 cm³/mol. The first-order valence-electron chi connectivity index (χ1n) is 8.65. The number of furan rings is 1. The smallest absolute Gasteiger partial charge is 0.442 e. The average molecular weight is 374 g/mol. The molecule has 138 valence electrons. The van der Waals surface area contributed by atoms with E-state index in [9.17, 15) is 9.59 Å². The molecule has 0 fully saturated rings. The number of hydrogen-bond donors (Lipinski definition) is 1. The van der Waals surface area contributed by atoms with Gasteiger partial charge in [-0.05, 0) is 24.6 Å². The van der Waals surface area contributed by atoms with E-state index >= 15 is 0 Å². The Morgan fingerprint density at radius 2 is 1.86 bits per heavy atom. The molecule has 8 nitrogen and oxygen atoms in total. The second-order valence-electron chi connectivity index (χ2n) is 6.46. The molecule has 0 amide bonds. The maximum atomic E-state index is 12.5. The Morgan fingerprint density at radius 3 is 2.71 bits per heavy atom. The normalized spacial score (nSPS) is 11.5. The Bertz CT molecular complexity index is 1450. The van der Waals surface area contributed by atoms with Crippen molar-refractivity contribution in [2.75, 3.05) is 0 Å². The number of H-pyrrole nitrogens is 1. The van der Waals surface area contributed by atoms with Gasteiger partial charge < -0.3 is 9.40 Å². The van der Waals surface area contributed by atoms with Crippen molar-refractivity contribution in [3.8, 4) is 11.4 Å². The van der Waals surface area contributed by atoms with Gasteiger partial charge in [0.2, 0.25) is 5.58 Å². The molecule has 0 atom stereocenters. The van der Waals surface area contributed by atoms with Gasteiger partial charge in [0.1, 0.15) is 16.9 Å². The van der Waals surface area contributed by atoms with Crippen LogP contribution < -0.4 is 11.3 Å². The van der Waals surface area contributed by atoms with Crippen LogP contribution in [0.5, 0.6) is 0 Å². The number of nitrogens with one attached hydrogen (secondary N) is 1. The molecule has 5 aromatic rings. The van der Waals surface area contributed by atoms with E-state index in [4.69, 9.17) is 8.94 Å². The summed E-state index contributed by atoms with van der Waals surface area (Å²) in [5, 5.41) is 4.64. The molecular weight excluding hydrogens is 360 g/mol. The van der Waals surface area contributed by atoms with Crippen molar-refractivity contribution in [2.45, 2.75) is 13.5 Å². The summed E-state index contributed by atoms with van der Waals surface area (Å²) in [5.74, 6) is 0.0603. The van der Waals surface area contributed by atoms with Gasteiger partial charge in [0.05, 0.1) is 6.54 Å². The van der Waals surface area contributed by atoms with Gasteiger partial charge in [-0.2, -0.15) is 0 Å². The molecule has 0 bridgehead atoms. The maximum Gasteiger partial charge on any atom is 0.442 e. The lowest BCUT2D eigenvalue weighted by Gasteiger charge is -2.06. The van der Waals surface area contributed by atoms with Gasteiger partial charge in [-0.25, -0.2) is 14.3 Å². The molecule has 0 spiro atoms. The van der Waals surface area contributed by atoms with Crippen molar-refractivity contribution in [1.82, 2.24) is 19.7 Å². The summed E-state index contributed by atoms with van der Waals surface area (Å²) in [5.41, 5.74) is 2.50. The number of aryl methyl sites for hydroxylation is 1. The molecule has 0 saturated carbocycles. The van der Waals surface area contributed by atoms with Gasteiger partial charge in [0.25, 0.3) is 5.56 Å². The Morgan fingerprint density at radius 1 is 1.07 bits per heavy atom. The van der Waals surface area contributed by atoms with Crippen LogP contribution in [0.25, 0.3) is 33.5 Å². The molecule has 0 saturated heterocycles. The zero-order valence-corrected chi connectivity index (χ0v) is 14.8. The Labute approximate surface area is 157 Å². The molecule has 8 heteroatoms. The first-order valence-corrected chi connectivity index (χ1v) is 8.65. The summed E-state index contributed by atoms with van der Waals surface area (Å²) >= 11 is 0. The summed E-state index contributed by atoms with van der Waals surface area (Å²) in [6.45, 7) is 1.93. The van der Waals surface area contributed by atoms with Gasteiger partial charge in [0, 0.05) is 10.9 Å². The third-order valence-electron chi connectivity index (χ3n) is 4.66. The number of rotatable bonds is 3. The average Bonchev–Trinajstić information content (AvgIpc) is 3.24. The Hall–Kier alpha value is -3.94. The van der Waals surface area contributed by atoms with Crippen LogP contribution in [0.15, 0.2) is 67.1 Å². The number of hydrogen-bond acceptors (Lipinski definition) is 6. The Kier molecular flexibility index (Phi) is 3.51. The lowest BCUT2D eigenvalue weighted by molar-refractivity contribution is 0.377. The van der Waals surface area contributed by atoms with Crippen molar-refractivity contribution < 1.29 is 8.94 Å². The van der Waals surface area contributed by atoms with Crippen molar-refractivity contribution in [2.24, 2.45) is 0 Å². The number of para-hydroxylation sites is 1. The zero-order valence-electron chi connectivity index (χ0n) is 14.8. The molecule has 1 N–H and O–H groups in total. The summed E-state index contributed by atoms with van der Waals surface area (Å²) in [4.78, 5) is 31.9. The topological polar surface area (TPSA) is 107 Å². The van der Waals surface area contributed by atoms with Crippen molar-refractivity contribution in [1.29, 1.82) is 0 Å². The van der Waals surface area contributed by atoms with E-state index in [2.05, 4.69) is 15.1 Å². The summed E-state index contributed by atoms with van der Waals surface area (Å²) in [7, 11) is 0. The molecule has 0 unspecified atom stereocenters. The predicted octanol–water partition coefficient (Wildman–Crippen LogP) is 2.84. The molecule has 3 aromatic heterocycles. The number of nitrogens with zero attached hydrogens (tertiary/aromatic N) is 3. The number of aromatic nitrogens is 4. The van der Waals surface area contributed by atoms with Crippen LogP contribution in [0, 0.1) is 6.92 Å². The fourth-order valence-electron chi connectivity index (χ4n) is 3.30. The molecule has 5 rings (SSSR count). The maximum absolute atomic E-state index is 12.5. The number of benzene rings is 2. The third-order valence-corrected chi connectivity index (χ3v) is 4.66. The molecule has 28 heavy (non-hydrogen) atoms. The van der Waals surface area contributed by atoms with E-state index < -0.39 is 11.3 Å². The SMILES string of the molecule is Cc1ccccc1-c1noc(=O)n1Cc1nc2c(oc3ccccc32)c(=O)[nH]1. The quantitative estimate of drug-likeness (QED) is 0.520. The van der Waals surface area contributed by atoms with Gasteiger partial charge >= 0.3 is 5.76 Å². The first kappa shape index (κ1) is 16.2.